The van der Waals surface area contributed by atoms with Gasteiger partial charge in [-0.15, -0.1) is 0 Å². The summed E-state index contributed by atoms with van der Waals surface area (Å²) in [6.07, 6.45) is 3.06. The van der Waals surface area contributed by atoms with Gasteiger partial charge in [0, 0.05) is 0 Å². The van der Waals surface area contributed by atoms with Gasteiger partial charge in [0.1, 0.15) is 18.5 Å². The molecule has 2 aromatic rings. The maximum atomic E-state index is 5.83. The molecule has 78 valence electrons. The first-order chi connectivity index (χ1) is 7.22. The molecule has 0 radical (unpaired) electrons. The fraction of sp³-hybridized carbons (Fsp3) is 0.125. The van der Waals surface area contributed by atoms with Gasteiger partial charge in [-0.2, -0.15) is 14.7 Å². The summed E-state index contributed by atoms with van der Waals surface area (Å²) in [6.45, 7) is 3.87. The molecule has 0 amide bonds. The molecule has 2 heterocycles. The first-order valence-corrected chi connectivity index (χ1v) is 4.50. The highest BCUT2D eigenvalue weighted by molar-refractivity contribution is 6.33. The van der Waals surface area contributed by atoms with Crippen LogP contribution in [0.4, 0.5) is 5.95 Å². The van der Waals surface area contributed by atoms with Crippen LogP contribution < -0.4 is 10.6 Å². The van der Waals surface area contributed by atoms with Crippen LogP contribution in [0, 0.1) is 0 Å². The lowest BCUT2D eigenvalue weighted by Gasteiger charge is -2.03. The smallest absolute Gasteiger partial charge is 0.223 e. The average molecular weight is 226 g/mol. The summed E-state index contributed by atoms with van der Waals surface area (Å²) in [7, 11) is 0. The molecule has 0 spiro atoms. The molecule has 6 nitrogen and oxygen atoms in total. The second-order valence-corrected chi connectivity index (χ2v) is 3.06. The lowest BCUT2D eigenvalue weighted by atomic mass is 10.5. The Morgan fingerprint density at radius 3 is 3.13 bits per heavy atom. The topological polar surface area (TPSA) is 78.8 Å². The first kappa shape index (κ1) is 9.72. The molecule has 2 rings (SSSR count). The van der Waals surface area contributed by atoms with E-state index in [9.17, 15) is 0 Å². The summed E-state index contributed by atoms with van der Waals surface area (Å²) in [6, 6.07) is 0. The monoisotopic (exact) mass is 225 g/mol. The van der Waals surface area contributed by atoms with Crippen molar-refractivity contribution in [3.63, 3.8) is 0 Å². The Kier molecular flexibility index (Phi) is 2.42. The van der Waals surface area contributed by atoms with Crippen molar-refractivity contribution in [2.75, 3.05) is 12.3 Å². The number of anilines is 1. The molecule has 2 aromatic heterocycles. The number of hydrogen-bond acceptors (Lipinski definition) is 5. The van der Waals surface area contributed by atoms with Crippen molar-refractivity contribution in [1.29, 1.82) is 0 Å². The molecule has 0 aliphatic heterocycles. The van der Waals surface area contributed by atoms with Gasteiger partial charge in [0.15, 0.2) is 5.15 Å². The van der Waals surface area contributed by atoms with E-state index in [-0.39, 0.29) is 11.1 Å². The fourth-order valence-corrected chi connectivity index (χ4v) is 1.31. The van der Waals surface area contributed by atoms with Gasteiger partial charge in [-0.3, -0.25) is 0 Å². The van der Waals surface area contributed by atoms with Crippen LogP contribution in [0.25, 0.3) is 11.2 Å². The van der Waals surface area contributed by atoms with E-state index in [4.69, 9.17) is 22.2 Å². The first-order valence-electron chi connectivity index (χ1n) is 4.12. The number of imidazole rings is 1. The number of nitrogens with two attached hydrogens (primary N) is 1. The maximum absolute atomic E-state index is 5.83. The van der Waals surface area contributed by atoms with E-state index in [1.54, 1.807) is 6.08 Å². The van der Waals surface area contributed by atoms with E-state index < -0.39 is 0 Å². The zero-order valence-corrected chi connectivity index (χ0v) is 8.48. The molecule has 0 fully saturated rings. The van der Waals surface area contributed by atoms with Crippen molar-refractivity contribution in [2.24, 2.45) is 0 Å². The van der Waals surface area contributed by atoms with Crippen molar-refractivity contribution in [3.05, 3.63) is 24.1 Å². The van der Waals surface area contributed by atoms with E-state index >= 15 is 0 Å². The van der Waals surface area contributed by atoms with E-state index in [1.165, 1.54) is 11.1 Å². The van der Waals surface area contributed by atoms with Crippen LogP contribution in [-0.4, -0.2) is 26.3 Å². The lowest BCUT2D eigenvalue weighted by molar-refractivity contribution is 0.143. The number of nitrogen functional groups attached to an aromatic ring is 1. The van der Waals surface area contributed by atoms with Crippen LogP contribution in [0.5, 0.6) is 0 Å². The summed E-state index contributed by atoms with van der Waals surface area (Å²) in [5.41, 5.74) is 6.35. The third kappa shape index (κ3) is 1.71. The second-order valence-electron chi connectivity index (χ2n) is 2.70. The van der Waals surface area contributed by atoms with Gasteiger partial charge >= 0.3 is 0 Å². The summed E-state index contributed by atoms with van der Waals surface area (Å²) < 4.78 is 1.38. The number of rotatable bonds is 3. The highest BCUT2D eigenvalue weighted by atomic mass is 35.5. The highest BCUT2D eigenvalue weighted by Gasteiger charge is 2.10. The normalized spacial score (nSPS) is 10.5. The predicted molar refractivity (Wildman–Crippen MR) is 56.4 cm³/mol. The number of nitrogens with zero attached hydrogens (tertiary/aromatic N) is 4. The third-order valence-electron chi connectivity index (χ3n) is 1.67. The van der Waals surface area contributed by atoms with Crippen LogP contribution in [-0.2, 0) is 0 Å². The van der Waals surface area contributed by atoms with Gasteiger partial charge in [0.2, 0.25) is 11.6 Å². The summed E-state index contributed by atoms with van der Waals surface area (Å²) in [5.74, 6) is 0.0800. The Morgan fingerprint density at radius 1 is 1.60 bits per heavy atom. The van der Waals surface area contributed by atoms with E-state index in [0.29, 0.717) is 17.8 Å². The van der Waals surface area contributed by atoms with Crippen LogP contribution >= 0.6 is 11.6 Å². The molecular weight excluding hydrogens is 218 g/mol. The van der Waals surface area contributed by atoms with Crippen LogP contribution in [0.2, 0.25) is 5.15 Å². The average Bonchev–Trinajstić information content (AvgIpc) is 2.58. The summed E-state index contributed by atoms with van der Waals surface area (Å²) in [5, 5.41) is 0.207. The van der Waals surface area contributed by atoms with Crippen molar-refractivity contribution in [1.82, 2.24) is 19.7 Å². The lowest BCUT2D eigenvalue weighted by Crippen LogP contribution is -2.11. The van der Waals surface area contributed by atoms with Crippen molar-refractivity contribution in [3.8, 4) is 0 Å². The number of hydrogen-bond donors (Lipinski definition) is 1. The minimum absolute atomic E-state index is 0.0800. The third-order valence-corrected chi connectivity index (χ3v) is 1.94. The standard InChI is InChI=1S/C8H8ClN5O/c1-2-3-15-14-4-11-5-6(9)12-8(10)13-7(5)14/h2,4H,1,3H2,(H2,10,12,13). The molecule has 0 saturated heterocycles. The fourth-order valence-electron chi connectivity index (χ4n) is 1.09. The minimum Gasteiger partial charge on any atom is -0.407 e. The van der Waals surface area contributed by atoms with E-state index in [2.05, 4.69) is 21.5 Å². The van der Waals surface area contributed by atoms with Crippen molar-refractivity contribution in [2.45, 2.75) is 0 Å². The van der Waals surface area contributed by atoms with Gasteiger partial charge in [-0.05, 0) is 0 Å². The molecule has 0 unspecified atom stereocenters. The molecule has 0 atom stereocenters. The molecule has 15 heavy (non-hydrogen) atoms. The second kappa shape index (κ2) is 3.74. The zero-order chi connectivity index (χ0) is 10.8. The van der Waals surface area contributed by atoms with Gasteiger partial charge < -0.3 is 10.6 Å². The van der Waals surface area contributed by atoms with Crippen molar-refractivity contribution >= 4 is 28.7 Å². The van der Waals surface area contributed by atoms with Gasteiger partial charge in [0.05, 0.1) is 0 Å². The zero-order valence-electron chi connectivity index (χ0n) is 7.72. The molecule has 0 bridgehead atoms. The molecule has 0 aliphatic carbocycles. The van der Waals surface area contributed by atoms with Gasteiger partial charge in [-0.1, -0.05) is 24.3 Å². The summed E-state index contributed by atoms with van der Waals surface area (Å²) in [4.78, 5) is 17.0. The predicted octanol–water partition coefficient (Wildman–Crippen LogP) is 0.676. The molecule has 0 aliphatic rings. The summed E-state index contributed by atoms with van der Waals surface area (Å²) >= 11 is 5.83. The Labute approximate surface area is 90.3 Å². The van der Waals surface area contributed by atoms with E-state index in [0.717, 1.165) is 0 Å². The number of fused-ring (bicyclic) bond motifs is 1. The van der Waals surface area contributed by atoms with Crippen LogP contribution in [0.15, 0.2) is 19.0 Å². The SMILES string of the molecule is C=CCOn1cnc2c(Cl)nc(N)nc21. The molecule has 7 heteroatoms. The van der Waals surface area contributed by atoms with E-state index in [1.807, 2.05) is 0 Å². The maximum Gasteiger partial charge on any atom is 0.223 e. The Hall–Kier alpha value is -1.82. The number of halogens is 1. The molecule has 0 aromatic carbocycles. The molecule has 0 saturated carbocycles. The Balaban J connectivity index is 2.53. The Morgan fingerprint density at radius 2 is 2.40 bits per heavy atom. The van der Waals surface area contributed by atoms with Crippen LogP contribution in [0.3, 0.4) is 0 Å². The number of aromatic nitrogens is 4. The largest absolute Gasteiger partial charge is 0.407 e. The molecular formula is C8H8ClN5O. The molecule has 2 N–H and O–H groups in total. The van der Waals surface area contributed by atoms with Gasteiger partial charge in [0.25, 0.3) is 0 Å². The highest BCUT2D eigenvalue weighted by Crippen LogP contribution is 2.18. The van der Waals surface area contributed by atoms with Crippen LogP contribution in [0.1, 0.15) is 0 Å². The quantitative estimate of drug-likeness (QED) is 0.614. The minimum atomic E-state index is 0.0800. The van der Waals surface area contributed by atoms with Crippen molar-refractivity contribution < 1.29 is 4.84 Å². The van der Waals surface area contributed by atoms with Gasteiger partial charge in [-0.25, -0.2) is 4.98 Å². The Bertz CT molecular complexity index is 509.